The van der Waals surface area contributed by atoms with Crippen LogP contribution in [-0.4, -0.2) is 10.5 Å². The summed E-state index contributed by atoms with van der Waals surface area (Å²) in [6.45, 7) is 2.85. The van der Waals surface area contributed by atoms with Crippen LogP contribution in [-0.2, 0) is 19.4 Å². The van der Waals surface area contributed by atoms with E-state index in [2.05, 4.69) is 6.92 Å². The molecule has 4 nitrogen and oxygen atoms in total. The van der Waals surface area contributed by atoms with Crippen LogP contribution < -0.4 is 11.3 Å². The number of primary amides is 1. The minimum atomic E-state index is -0.421. The predicted molar refractivity (Wildman–Crippen MR) is 83.7 cm³/mol. The molecule has 0 atom stereocenters. The Labute approximate surface area is 123 Å². The Morgan fingerprint density at radius 1 is 1.29 bits per heavy atom. The summed E-state index contributed by atoms with van der Waals surface area (Å²) in [6.07, 6.45) is 4.79. The van der Waals surface area contributed by atoms with E-state index in [4.69, 9.17) is 5.73 Å². The fraction of sp³-hybridized carbons (Fsp3) is 0.412. The lowest BCUT2D eigenvalue weighted by Gasteiger charge is -2.14. The van der Waals surface area contributed by atoms with Gasteiger partial charge < -0.3 is 10.3 Å². The van der Waals surface area contributed by atoms with Crippen molar-refractivity contribution in [2.75, 3.05) is 0 Å². The maximum absolute atomic E-state index is 12.7. The van der Waals surface area contributed by atoms with Gasteiger partial charge in [-0.2, -0.15) is 0 Å². The van der Waals surface area contributed by atoms with Gasteiger partial charge in [-0.15, -0.1) is 0 Å². The van der Waals surface area contributed by atoms with Crippen LogP contribution in [0.5, 0.6) is 0 Å². The summed E-state index contributed by atoms with van der Waals surface area (Å²) >= 11 is 0. The van der Waals surface area contributed by atoms with Crippen LogP contribution in [0.15, 0.2) is 23.0 Å². The third-order valence-corrected chi connectivity index (χ3v) is 4.35. The van der Waals surface area contributed by atoms with Gasteiger partial charge in [-0.3, -0.25) is 9.59 Å². The topological polar surface area (TPSA) is 65.1 Å². The number of nitrogens with two attached hydrogens (primary N) is 1. The standard InChI is InChI=1S/C17H20N2O2/c1-2-3-9-19-15-8-7-11(16(18)20)10-14(15)12-5-4-6-13(12)17(19)21/h7-8,10H,2-6,9H2,1H3,(H2,18,20). The van der Waals surface area contributed by atoms with Gasteiger partial charge in [0, 0.05) is 23.1 Å². The second-order valence-electron chi connectivity index (χ2n) is 5.72. The fourth-order valence-corrected chi connectivity index (χ4v) is 3.25. The van der Waals surface area contributed by atoms with Gasteiger partial charge in [0.25, 0.3) is 5.56 Å². The first-order valence-electron chi connectivity index (χ1n) is 7.61. The number of hydrogen-bond acceptors (Lipinski definition) is 2. The number of hydrogen-bond donors (Lipinski definition) is 1. The predicted octanol–water partition coefficient (Wildman–Crippen LogP) is 2.39. The number of fused-ring (bicyclic) bond motifs is 3. The molecule has 2 N–H and O–H groups in total. The van der Waals surface area contributed by atoms with Crippen LogP contribution in [0.2, 0.25) is 0 Å². The van der Waals surface area contributed by atoms with E-state index in [9.17, 15) is 9.59 Å². The highest BCUT2D eigenvalue weighted by molar-refractivity contribution is 5.98. The van der Waals surface area contributed by atoms with E-state index >= 15 is 0 Å². The third-order valence-electron chi connectivity index (χ3n) is 4.35. The number of aromatic nitrogens is 1. The van der Waals surface area contributed by atoms with Crippen molar-refractivity contribution in [3.05, 3.63) is 45.2 Å². The molecule has 2 aromatic rings. The van der Waals surface area contributed by atoms with Crippen LogP contribution in [0.4, 0.5) is 0 Å². The van der Waals surface area contributed by atoms with Crippen molar-refractivity contribution in [3.63, 3.8) is 0 Å². The normalized spacial score (nSPS) is 13.6. The van der Waals surface area contributed by atoms with Crippen LogP contribution in [0, 0.1) is 0 Å². The molecule has 0 radical (unpaired) electrons. The van der Waals surface area contributed by atoms with Gasteiger partial charge in [-0.25, -0.2) is 0 Å². The average Bonchev–Trinajstić information content (AvgIpc) is 2.96. The molecule has 0 saturated carbocycles. The van der Waals surface area contributed by atoms with Gasteiger partial charge in [0.15, 0.2) is 0 Å². The van der Waals surface area contributed by atoms with E-state index in [1.165, 1.54) is 0 Å². The zero-order valence-electron chi connectivity index (χ0n) is 12.3. The van der Waals surface area contributed by atoms with Crippen molar-refractivity contribution in [1.29, 1.82) is 0 Å². The van der Waals surface area contributed by atoms with Crippen LogP contribution in [0.25, 0.3) is 10.9 Å². The molecule has 1 aromatic heterocycles. The van der Waals surface area contributed by atoms with E-state index in [0.29, 0.717) is 5.56 Å². The Bertz CT molecular complexity index is 774. The molecule has 1 amide bonds. The molecule has 110 valence electrons. The van der Waals surface area contributed by atoms with Crippen LogP contribution in [0.1, 0.15) is 47.7 Å². The first-order valence-corrected chi connectivity index (χ1v) is 7.61. The average molecular weight is 284 g/mol. The van der Waals surface area contributed by atoms with Gasteiger partial charge >= 0.3 is 0 Å². The summed E-state index contributed by atoms with van der Waals surface area (Å²) in [4.78, 5) is 24.1. The Balaban J connectivity index is 2.31. The van der Waals surface area contributed by atoms with Gasteiger partial charge in [0.05, 0.1) is 5.52 Å². The summed E-state index contributed by atoms with van der Waals surface area (Å²) in [5.41, 5.74) is 9.03. The number of rotatable bonds is 4. The minimum absolute atomic E-state index is 0.148. The van der Waals surface area contributed by atoms with E-state index in [0.717, 1.165) is 60.7 Å². The number of benzene rings is 1. The smallest absolute Gasteiger partial charge is 0.254 e. The SMILES string of the molecule is CCCCn1c(=O)c2c(c3cc(C(N)=O)ccc31)CCC2. The van der Waals surface area contributed by atoms with Crippen molar-refractivity contribution < 1.29 is 4.79 Å². The highest BCUT2D eigenvalue weighted by atomic mass is 16.1. The summed E-state index contributed by atoms with van der Waals surface area (Å²) in [5.74, 6) is -0.421. The van der Waals surface area contributed by atoms with Gasteiger partial charge in [-0.05, 0) is 49.4 Å². The van der Waals surface area contributed by atoms with Crippen molar-refractivity contribution in [1.82, 2.24) is 4.57 Å². The lowest BCUT2D eigenvalue weighted by molar-refractivity contribution is 0.100. The van der Waals surface area contributed by atoms with Crippen LogP contribution >= 0.6 is 0 Å². The number of amides is 1. The van der Waals surface area contributed by atoms with Crippen LogP contribution in [0.3, 0.4) is 0 Å². The second kappa shape index (κ2) is 5.35. The molecule has 3 rings (SSSR count). The Kier molecular flexibility index (Phi) is 3.53. The minimum Gasteiger partial charge on any atom is -0.366 e. The monoisotopic (exact) mass is 284 g/mol. The molecular weight excluding hydrogens is 264 g/mol. The molecule has 1 aromatic carbocycles. The van der Waals surface area contributed by atoms with Gasteiger partial charge in [0.1, 0.15) is 0 Å². The molecule has 4 heteroatoms. The summed E-state index contributed by atoms with van der Waals surface area (Å²) in [6, 6.07) is 5.43. The maximum Gasteiger partial charge on any atom is 0.254 e. The lowest BCUT2D eigenvalue weighted by atomic mass is 10.0. The number of unbranched alkanes of at least 4 members (excludes halogenated alkanes) is 1. The highest BCUT2D eigenvalue weighted by Gasteiger charge is 2.21. The molecule has 1 aliphatic rings. The molecule has 0 aliphatic heterocycles. The van der Waals surface area contributed by atoms with Gasteiger partial charge in [0.2, 0.25) is 5.91 Å². The van der Waals surface area contributed by atoms with Gasteiger partial charge in [-0.1, -0.05) is 13.3 Å². The molecule has 0 fully saturated rings. The number of pyridine rings is 1. The molecule has 0 bridgehead atoms. The second-order valence-corrected chi connectivity index (χ2v) is 5.72. The molecular formula is C17H20N2O2. The molecule has 1 aliphatic carbocycles. The lowest BCUT2D eigenvalue weighted by Crippen LogP contribution is -2.25. The zero-order chi connectivity index (χ0) is 15.0. The fourth-order valence-electron chi connectivity index (χ4n) is 3.25. The number of carbonyl (C=O) groups is 1. The highest BCUT2D eigenvalue weighted by Crippen LogP contribution is 2.28. The number of aryl methyl sites for hydroxylation is 2. The molecule has 1 heterocycles. The third kappa shape index (κ3) is 2.24. The van der Waals surface area contributed by atoms with Crippen molar-refractivity contribution in [3.8, 4) is 0 Å². The van der Waals surface area contributed by atoms with E-state index in [1.54, 1.807) is 6.07 Å². The maximum atomic E-state index is 12.7. The summed E-state index contributed by atoms with van der Waals surface area (Å²) < 4.78 is 1.87. The van der Waals surface area contributed by atoms with E-state index in [-0.39, 0.29) is 5.56 Å². The Hall–Kier alpha value is -2.10. The number of nitrogens with zero attached hydrogens (tertiary/aromatic N) is 1. The largest absolute Gasteiger partial charge is 0.366 e. The molecule has 0 saturated heterocycles. The summed E-state index contributed by atoms with van der Waals surface area (Å²) in [5, 5.41) is 1.02. The van der Waals surface area contributed by atoms with Crippen molar-refractivity contribution in [2.24, 2.45) is 5.73 Å². The Morgan fingerprint density at radius 2 is 2.05 bits per heavy atom. The first kappa shape index (κ1) is 13.9. The zero-order valence-corrected chi connectivity index (χ0v) is 12.3. The van der Waals surface area contributed by atoms with E-state index < -0.39 is 5.91 Å². The first-order chi connectivity index (χ1) is 10.1. The Morgan fingerprint density at radius 3 is 2.76 bits per heavy atom. The van der Waals surface area contributed by atoms with Crippen molar-refractivity contribution in [2.45, 2.75) is 45.6 Å². The molecule has 0 unspecified atom stereocenters. The van der Waals surface area contributed by atoms with E-state index in [1.807, 2.05) is 16.7 Å². The quantitative estimate of drug-likeness (QED) is 0.936. The molecule has 0 spiro atoms. The van der Waals surface area contributed by atoms with Crippen molar-refractivity contribution >= 4 is 16.8 Å². The summed E-state index contributed by atoms with van der Waals surface area (Å²) in [7, 11) is 0. The number of carbonyl (C=O) groups excluding carboxylic acids is 1. The molecule has 21 heavy (non-hydrogen) atoms.